The molecule has 0 spiro atoms. The molecule has 0 saturated heterocycles. The van der Waals surface area contributed by atoms with Crippen molar-refractivity contribution in [2.75, 3.05) is 0 Å². The quantitative estimate of drug-likeness (QED) is 0.344. The van der Waals surface area contributed by atoms with Gasteiger partial charge in [-0.15, -0.1) is 0 Å². The van der Waals surface area contributed by atoms with Gasteiger partial charge >= 0.3 is 5.97 Å². The van der Waals surface area contributed by atoms with Crippen molar-refractivity contribution >= 4 is 5.97 Å². The maximum absolute atomic E-state index is 12.5. The van der Waals surface area contributed by atoms with Crippen LogP contribution in [-0.2, 0) is 16.0 Å². The van der Waals surface area contributed by atoms with Crippen LogP contribution in [0.5, 0.6) is 5.75 Å². The van der Waals surface area contributed by atoms with Gasteiger partial charge in [0.25, 0.3) is 0 Å². The van der Waals surface area contributed by atoms with Crippen LogP contribution < -0.4 is 0 Å². The summed E-state index contributed by atoms with van der Waals surface area (Å²) >= 11 is 0. The number of ether oxygens (including phenoxy) is 1. The van der Waals surface area contributed by atoms with E-state index in [9.17, 15) is 9.90 Å². The summed E-state index contributed by atoms with van der Waals surface area (Å²) in [6.07, 6.45) is 11.6. The molecule has 1 aromatic carbocycles. The number of phenols is 1. The number of benzene rings is 1. The van der Waals surface area contributed by atoms with Crippen LogP contribution in [-0.4, -0.2) is 17.2 Å². The maximum Gasteiger partial charge on any atom is 0.311 e. The first-order valence-corrected chi connectivity index (χ1v) is 11.0. The average molecular weight is 385 g/mol. The van der Waals surface area contributed by atoms with Crippen molar-refractivity contribution in [2.45, 2.75) is 72.3 Å². The highest BCUT2D eigenvalue weighted by atomic mass is 16.5. The zero-order valence-electron chi connectivity index (χ0n) is 17.9. The summed E-state index contributed by atoms with van der Waals surface area (Å²) in [5.74, 6) is 2.41. The van der Waals surface area contributed by atoms with E-state index in [-0.39, 0.29) is 12.1 Å². The molecule has 3 nitrogen and oxygen atoms in total. The number of hydrogen-bond acceptors (Lipinski definition) is 3. The van der Waals surface area contributed by atoms with E-state index in [1.807, 2.05) is 32.9 Å². The number of rotatable bonds is 8. The van der Waals surface area contributed by atoms with Gasteiger partial charge in [0.05, 0.1) is 5.41 Å². The van der Waals surface area contributed by atoms with Gasteiger partial charge in [0, 0.05) is 5.92 Å². The lowest BCUT2D eigenvalue weighted by Crippen LogP contribution is -2.33. The number of aromatic hydroxyl groups is 1. The zero-order chi connectivity index (χ0) is 20.3. The molecule has 0 aromatic heterocycles. The lowest BCUT2D eigenvalue weighted by molar-refractivity contribution is -0.161. The molecule has 3 rings (SSSR count). The molecule has 0 heterocycles. The van der Waals surface area contributed by atoms with Crippen LogP contribution in [0.3, 0.4) is 0 Å². The Balaban J connectivity index is 1.67. The Morgan fingerprint density at radius 3 is 2.75 bits per heavy atom. The monoisotopic (exact) mass is 384 g/mol. The summed E-state index contributed by atoms with van der Waals surface area (Å²) < 4.78 is 5.97. The van der Waals surface area contributed by atoms with Crippen LogP contribution in [0.25, 0.3) is 0 Å². The van der Waals surface area contributed by atoms with E-state index in [4.69, 9.17) is 4.74 Å². The molecule has 2 fully saturated rings. The van der Waals surface area contributed by atoms with E-state index in [2.05, 4.69) is 25.1 Å². The first kappa shape index (κ1) is 21.0. The van der Waals surface area contributed by atoms with Gasteiger partial charge in [-0.2, -0.15) is 0 Å². The highest BCUT2D eigenvalue weighted by molar-refractivity contribution is 5.75. The largest absolute Gasteiger partial charge is 0.508 e. The first-order chi connectivity index (χ1) is 13.3. The standard InChI is InChI=1S/C25H36O3/c1-5-6-7-8-9-13-19-20-16-22(28-24(27)25(2,3)4)21(23(19)20)15-17-11-10-12-18(26)14-17/h9-14,19-23,26H,5-8,15-16H2,1-4H3/t19?,20-,21?,22?,23+/m0/s1. The number of carbonyl (C=O) groups excluding carboxylic acids is 1. The second-order valence-electron chi connectivity index (χ2n) is 9.71. The minimum atomic E-state index is -0.471. The fourth-order valence-electron chi connectivity index (χ4n) is 4.75. The molecule has 0 radical (unpaired) electrons. The lowest BCUT2D eigenvalue weighted by atomic mass is 9.89. The van der Waals surface area contributed by atoms with Crippen LogP contribution in [0.15, 0.2) is 36.4 Å². The predicted molar refractivity (Wildman–Crippen MR) is 113 cm³/mol. The van der Waals surface area contributed by atoms with Gasteiger partial charge in [0.1, 0.15) is 11.9 Å². The molecule has 0 amide bonds. The summed E-state index contributed by atoms with van der Waals surface area (Å²) in [6, 6.07) is 7.50. The molecular formula is C25H36O3. The molecule has 5 atom stereocenters. The second-order valence-corrected chi connectivity index (χ2v) is 9.71. The Hall–Kier alpha value is -1.77. The van der Waals surface area contributed by atoms with Crippen molar-refractivity contribution < 1.29 is 14.6 Å². The molecule has 2 aliphatic rings. The number of carbonyl (C=O) groups is 1. The van der Waals surface area contributed by atoms with Gasteiger partial charge in [-0.05, 0) is 81.9 Å². The smallest absolute Gasteiger partial charge is 0.311 e. The Kier molecular flexibility index (Phi) is 6.52. The van der Waals surface area contributed by atoms with Gasteiger partial charge in [-0.25, -0.2) is 0 Å². The molecular weight excluding hydrogens is 348 g/mol. The van der Waals surface area contributed by atoms with Crippen LogP contribution in [0.2, 0.25) is 0 Å². The van der Waals surface area contributed by atoms with E-state index in [0.29, 0.717) is 29.4 Å². The Bertz CT molecular complexity index is 700. The van der Waals surface area contributed by atoms with Gasteiger partial charge in [0.2, 0.25) is 0 Å². The Morgan fingerprint density at radius 1 is 1.29 bits per heavy atom. The van der Waals surface area contributed by atoms with Crippen molar-refractivity contribution in [1.82, 2.24) is 0 Å². The predicted octanol–water partition coefficient (Wildman–Crippen LogP) is 5.91. The van der Waals surface area contributed by atoms with E-state index < -0.39 is 5.41 Å². The number of allylic oxidation sites excluding steroid dienone is 2. The second kappa shape index (κ2) is 8.71. The third-order valence-electron chi connectivity index (χ3n) is 6.35. The number of phenolic OH excluding ortho intramolecular Hbond substituents is 1. The number of hydrogen-bond donors (Lipinski definition) is 1. The highest BCUT2D eigenvalue weighted by Gasteiger charge is 2.61. The Morgan fingerprint density at radius 2 is 2.07 bits per heavy atom. The maximum atomic E-state index is 12.5. The molecule has 1 N–H and O–H groups in total. The van der Waals surface area contributed by atoms with Crippen LogP contribution in [0, 0.1) is 29.1 Å². The molecule has 154 valence electrons. The summed E-state index contributed by atoms with van der Waals surface area (Å²) in [6.45, 7) is 7.98. The molecule has 3 heteroatoms. The molecule has 3 unspecified atom stereocenters. The average Bonchev–Trinajstić information content (AvgIpc) is 3.18. The van der Waals surface area contributed by atoms with Gasteiger partial charge < -0.3 is 9.84 Å². The lowest BCUT2D eigenvalue weighted by Gasteiger charge is -2.27. The normalized spacial score (nSPS) is 29.1. The van der Waals surface area contributed by atoms with E-state index in [1.54, 1.807) is 6.07 Å². The molecule has 0 aliphatic heterocycles. The fourth-order valence-corrected chi connectivity index (χ4v) is 4.75. The van der Waals surface area contributed by atoms with Gasteiger partial charge in [-0.1, -0.05) is 44.1 Å². The molecule has 1 aromatic rings. The van der Waals surface area contributed by atoms with E-state index >= 15 is 0 Å². The molecule has 28 heavy (non-hydrogen) atoms. The van der Waals surface area contributed by atoms with Crippen molar-refractivity contribution in [1.29, 1.82) is 0 Å². The van der Waals surface area contributed by atoms with Crippen molar-refractivity contribution in [3.05, 3.63) is 42.0 Å². The van der Waals surface area contributed by atoms with E-state index in [0.717, 1.165) is 18.4 Å². The zero-order valence-corrected chi connectivity index (χ0v) is 17.9. The van der Waals surface area contributed by atoms with E-state index in [1.165, 1.54) is 25.7 Å². The van der Waals surface area contributed by atoms with Crippen LogP contribution in [0.4, 0.5) is 0 Å². The SMILES string of the molecule is CCCCCC=CC1[C@H]2C(Cc3cccc(O)c3)C(OC(=O)C(C)(C)C)C[C@@H]12. The molecule has 2 saturated carbocycles. The summed E-state index contributed by atoms with van der Waals surface area (Å²) in [4.78, 5) is 12.5. The number of fused-ring (bicyclic) bond motifs is 1. The fraction of sp³-hybridized carbons (Fsp3) is 0.640. The topological polar surface area (TPSA) is 46.5 Å². The van der Waals surface area contributed by atoms with Crippen molar-refractivity contribution in [2.24, 2.45) is 29.1 Å². The van der Waals surface area contributed by atoms with Gasteiger partial charge in [-0.3, -0.25) is 4.79 Å². The summed E-state index contributed by atoms with van der Waals surface area (Å²) in [7, 11) is 0. The molecule has 2 aliphatic carbocycles. The Labute approximate surface area is 170 Å². The third-order valence-corrected chi connectivity index (χ3v) is 6.35. The summed E-state index contributed by atoms with van der Waals surface area (Å²) in [5.41, 5.74) is 0.654. The first-order valence-electron chi connectivity index (χ1n) is 11.0. The number of unbranched alkanes of at least 4 members (excludes halogenated alkanes) is 3. The van der Waals surface area contributed by atoms with Crippen LogP contribution >= 0.6 is 0 Å². The minimum Gasteiger partial charge on any atom is -0.508 e. The van der Waals surface area contributed by atoms with Crippen molar-refractivity contribution in [3.63, 3.8) is 0 Å². The highest BCUT2D eigenvalue weighted by Crippen LogP contribution is 2.62. The summed E-state index contributed by atoms with van der Waals surface area (Å²) in [5, 5.41) is 9.82. The number of esters is 1. The molecule has 0 bridgehead atoms. The third kappa shape index (κ3) is 4.98. The van der Waals surface area contributed by atoms with Crippen molar-refractivity contribution in [3.8, 4) is 5.75 Å². The minimum absolute atomic E-state index is 0.00573. The van der Waals surface area contributed by atoms with Crippen LogP contribution in [0.1, 0.15) is 65.4 Å². The van der Waals surface area contributed by atoms with Gasteiger partial charge in [0.15, 0.2) is 0 Å².